The van der Waals surface area contributed by atoms with E-state index in [1.165, 1.54) is 33.5 Å². The van der Waals surface area contributed by atoms with E-state index < -0.39 is 0 Å². The van der Waals surface area contributed by atoms with Crippen LogP contribution in [0.25, 0.3) is 0 Å². The van der Waals surface area contributed by atoms with Crippen LogP contribution >= 0.6 is 0 Å². The Kier molecular flexibility index (Phi) is 10.0. The quantitative estimate of drug-likeness (QED) is 0.270. The molecule has 0 saturated heterocycles. The van der Waals surface area contributed by atoms with Crippen LogP contribution in [0.4, 0.5) is 5.69 Å². The molecule has 3 rings (SSSR count). The average molecular weight is 475 g/mol. The number of ether oxygens (including phenoxy) is 1. The molecule has 4 heteroatoms. The molecule has 0 fully saturated rings. The summed E-state index contributed by atoms with van der Waals surface area (Å²) in [7, 11) is 1.73. The van der Waals surface area contributed by atoms with E-state index in [1.807, 2.05) is 18.2 Å². The smallest absolute Gasteiger partial charge is 0.120 e. The Labute approximate surface area is 212 Å². The molecule has 0 spiro atoms. The molecule has 0 radical (unpaired) electrons. The number of phenolic OH excluding ortho intramolecular Hbond substituents is 1. The number of hydrogen-bond acceptors (Lipinski definition) is 4. The molecule has 0 saturated carbocycles. The van der Waals surface area contributed by atoms with Crippen molar-refractivity contribution in [2.75, 3.05) is 38.2 Å². The standard InChI is InChI=1S/C31H42N2O2/c1-6-24(17-18-32-7-2)10-9-23(4)22-33(8-3)31-21-29(35-5)15-16-30(31)27-12-11-26-20-28(34)14-13-25(26)19-27/h6,9-10,13-16,20-21,27,32,34H,1,7-8,11-12,17-19,22H2,2-5H3/b23-9+,24-10+/t27-/m1/s1. The highest BCUT2D eigenvalue weighted by atomic mass is 16.5. The molecule has 0 aliphatic heterocycles. The summed E-state index contributed by atoms with van der Waals surface area (Å²) in [6.45, 7) is 14.3. The zero-order chi connectivity index (χ0) is 25.2. The molecule has 0 aromatic heterocycles. The molecule has 0 bridgehead atoms. The highest BCUT2D eigenvalue weighted by molar-refractivity contribution is 5.60. The van der Waals surface area contributed by atoms with Crippen LogP contribution in [0.1, 0.15) is 56.2 Å². The number of benzene rings is 2. The molecule has 35 heavy (non-hydrogen) atoms. The second kappa shape index (κ2) is 13.2. The topological polar surface area (TPSA) is 44.7 Å². The van der Waals surface area contributed by atoms with E-state index in [0.29, 0.717) is 11.7 Å². The number of anilines is 1. The fourth-order valence-electron chi connectivity index (χ4n) is 4.91. The van der Waals surface area contributed by atoms with E-state index in [2.05, 4.69) is 74.0 Å². The zero-order valence-corrected chi connectivity index (χ0v) is 21.9. The average Bonchev–Trinajstić information content (AvgIpc) is 2.88. The minimum absolute atomic E-state index is 0.363. The fourth-order valence-corrected chi connectivity index (χ4v) is 4.91. The Hall–Kier alpha value is -2.98. The monoisotopic (exact) mass is 474 g/mol. The van der Waals surface area contributed by atoms with Crippen LogP contribution in [0.5, 0.6) is 11.5 Å². The van der Waals surface area contributed by atoms with Gasteiger partial charge in [0.05, 0.1) is 7.11 Å². The van der Waals surface area contributed by atoms with Crippen molar-refractivity contribution in [1.29, 1.82) is 0 Å². The number of nitrogens with one attached hydrogen (secondary N) is 1. The van der Waals surface area contributed by atoms with Crippen molar-refractivity contribution in [3.63, 3.8) is 0 Å². The van der Waals surface area contributed by atoms with Gasteiger partial charge >= 0.3 is 0 Å². The summed E-state index contributed by atoms with van der Waals surface area (Å²) in [5.74, 6) is 1.70. The zero-order valence-electron chi connectivity index (χ0n) is 21.9. The number of aromatic hydroxyl groups is 1. The third-order valence-corrected chi connectivity index (χ3v) is 6.94. The first-order valence-electron chi connectivity index (χ1n) is 12.9. The fraction of sp³-hybridized carbons (Fsp3) is 0.419. The minimum Gasteiger partial charge on any atom is -0.508 e. The first-order valence-corrected chi connectivity index (χ1v) is 12.9. The third kappa shape index (κ3) is 7.25. The lowest BCUT2D eigenvalue weighted by Gasteiger charge is -2.32. The van der Waals surface area contributed by atoms with Crippen LogP contribution in [0.3, 0.4) is 0 Å². The lowest BCUT2D eigenvalue weighted by Crippen LogP contribution is -2.27. The maximum Gasteiger partial charge on any atom is 0.120 e. The van der Waals surface area contributed by atoms with Gasteiger partial charge in [0.1, 0.15) is 11.5 Å². The highest BCUT2D eigenvalue weighted by Gasteiger charge is 2.24. The number of allylic oxidation sites excluding steroid dienone is 3. The second-order valence-corrected chi connectivity index (χ2v) is 9.39. The number of phenols is 1. The molecule has 1 aliphatic rings. The summed E-state index contributed by atoms with van der Waals surface area (Å²) in [5, 5.41) is 13.2. The van der Waals surface area contributed by atoms with E-state index in [-0.39, 0.29) is 0 Å². The maximum absolute atomic E-state index is 9.87. The van der Waals surface area contributed by atoms with Gasteiger partial charge in [0.25, 0.3) is 0 Å². The van der Waals surface area contributed by atoms with E-state index >= 15 is 0 Å². The van der Waals surface area contributed by atoms with Gasteiger partial charge in [0.2, 0.25) is 0 Å². The summed E-state index contributed by atoms with van der Waals surface area (Å²) in [5.41, 5.74) is 7.83. The van der Waals surface area contributed by atoms with Crippen molar-refractivity contribution in [2.24, 2.45) is 0 Å². The van der Waals surface area contributed by atoms with Gasteiger partial charge in [-0.3, -0.25) is 0 Å². The summed E-state index contributed by atoms with van der Waals surface area (Å²) in [6.07, 6.45) is 10.5. The number of hydrogen-bond donors (Lipinski definition) is 2. The highest BCUT2D eigenvalue weighted by Crippen LogP contribution is 2.40. The van der Waals surface area contributed by atoms with Crippen LogP contribution in [0, 0.1) is 0 Å². The molecule has 1 aliphatic carbocycles. The number of nitrogens with zero attached hydrogens (tertiary/aromatic N) is 1. The number of methoxy groups -OCH3 is 1. The predicted molar refractivity (Wildman–Crippen MR) is 149 cm³/mol. The van der Waals surface area contributed by atoms with Crippen molar-refractivity contribution in [3.8, 4) is 11.5 Å². The van der Waals surface area contributed by atoms with E-state index in [1.54, 1.807) is 7.11 Å². The van der Waals surface area contributed by atoms with Gasteiger partial charge in [-0.05, 0) is 99.0 Å². The van der Waals surface area contributed by atoms with Gasteiger partial charge in [-0.2, -0.15) is 0 Å². The van der Waals surface area contributed by atoms with Gasteiger partial charge in [-0.25, -0.2) is 0 Å². The second-order valence-electron chi connectivity index (χ2n) is 9.39. The number of aryl methyl sites for hydroxylation is 1. The molecule has 188 valence electrons. The lowest BCUT2D eigenvalue weighted by molar-refractivity contribution is 0.414. The lowest BCUT2D eigenvalue weighted by atomic mass is 9.79. The largest absolute Gasteiger partial charge is 0.508 e. The number of likely N-dealkylation sites (N-methyl/N-ethyl adjacent to an activating group) is 1. The maximum atomic E-state index is 9.87. The Morgan fingerprint density at radius 2 is 2.00 bits per heavy atom. The van der Waals surface area contributed by atoms with E-state index in [9.17, 15) is 5.11 Å². The predicted octanol–water partition coefficient (Wildman–Crippen LogP) is 6.56. The first kappa shape index (κ1) is 26.6. The van der Waals surface area contributed by atoms with Gasteiger partial charge in [-0.15, -0.1) is 0 Å². The molecule has 2 aromatic carbocycles. The summed E-state index contributed by atoms with van der Waals surface area (Å²) in [6, 6.07) is 12.4. The Morgan fingerprint density at radius 3 is 2.71 bits per heavy atom. The van der Waals surface area contributed by atoms with Crippen molar-refractivity contribution in [2.45, 2.75) is 52.4 Å². The third-order valence-electron chi connectivity index (χ3n) is 6.94. The van der Waals surface area contributed by atoms with Crippen LogP contribution < -0.4 is 15.0 Å². The number of rotatable bonds is 12. The molecule has 2 aromatic rings. The molecule has 4 nitrogen and oxygen atoms in total. The van der Waals surface area contributed by atoms with Gasteiger partial charge < -0.3 is 20.1 Å². The molecule has 0 heterocycles. The first-order chi connectivity index (χ1) is 17.0. The normalized spacial score (nSPS) is 16.1. The molecule has 1 atom stereocenters. The molecular formula is C31H42N2O2. The van der Waals surface area contributed by atoms with Gasteiger partial charge in [0, 0.05) is 24.8 Å². The SMILES string of the molecule is C=C/C(=C\C=C(/C)CN(CC)c1cc(OC)ccc1[C@@H]1CCc2cc(O)ccc2C1)CCNCC. The van der Waals surface area contributed by atoms with Crippen molar-refractivity contribution in [1.82, 2.24) is 5.32 Å². The van der Waals surface area contributed by atoms with Crippen LogP contribution in [0.15, 0.2) is 72.4 Å². The molecule has 0 amide bonds. The number of fused-ring (bicyclic) bond motifs is 1. The van der Waals surface area contributed by atoms with Gasteiger partial charge in [-0.1, -0.05) is 49.4 Å². The van der Waals surface area contributed by atoms with Gasteiger partial charge in [0.15, 0.2) is 0 Å². The van der Waals surface area contributed by atoms with E-state index in [0.717, 1.165) is 57.6 Å². The van der Waals surface area contributed by atoms with Crippen molar-refractivity contribution in [3.05, 3.63) is 89.0 Å². The Balaban J connectivity index is 1.83. The summed E-state index contributed by atoms with van der Waals surface area (Å²) in [4.78, 5) is 2.45. The van der Waals surface area contributed by atoms with Crippen LogP contribution in [-0.2, 0) is 12.8 Å². The summed E-state index contributed by atoms with van der Waals surface area (Å²) >= 11 is 0. The minimum atomic E-state index is 0.363. The Bertz CT molecular complexity index is 1050. The van der Waals surface area contributed by atoms with Crippen molar-refractivity contribution < 1.29 is 9.84 Å². The Morgan fingerprint density at radius 1 is 1.17 bits per heavy atom. The van der Waals surface area contributed by atoms with Crippen LogP contribution in [-0.4, -0.2) is 38.4 Å². The van der Waals surface area contributed by atoms with E-state index in [4.69, 9.17) is 4.74 Å². The summed E-state index contributed by atoms with van der Waals surface area (Å²) < 4.78 is 5.61. The molecule has 2 N–H and O–H groups in total. The molecular weight excluding hydrogens is 432 g/mol. The molecule has 0 unspecified atom stereocenters. The van der Waals surface area contributed by atoms with Crippen LogP contribution in [0.2, 0.25) is 0 Å². The van der Waals surface area contributed by atoms with Crippen molar-refractivity contribution >= 4 is 5.69 Å².